The maximum absolute atomic E-state index is 11.5. The molecular weight excluding hydrogens is 408 g/mol. The van der Waals surface area contributed by atoms with Gasteiger partial charge in [0.05, 0.1) is 21.7 Å². The molecule has 0 unspecified atom stereocenters. The zero-order valence-corrected chi connectivity index (χ0v) is 17.5. The smallest absolute Gasteiger partial charge is 0.336 e. The average Bonchev–Trinajstić information content (AvgIpc) is 3.17. The average molecular weight is 431 g/mol. The van der Waals surface area contributed by atoms with Gasteiger partial charge in [-0.2, -0.15) is 0 Å². The Labute approximate surface area is 178 Å². The molecule has 2 aromatic heterocycles. The number of aromatic nitrogens is 2. The van der Waals surface area contributed by atoms with Crippen LogP contribution in [0.4, 0.5) is 5.95 Å². The van der Waals surface area contributed by atoms with Gasteiger partial charge in [-0.15, -0.1) is 11.3 Å². The lowest BCUT2D eigenvalue weighted by molar-refractivity contribution is 0.0699. The molecular formula is C21H23ClN4O2S. The monoisotopic (exact) mass is 430 g/mol. The van der Waals surface area contributed by atoms with Gasteiger partial charge in [0, 0.05) is 16.6 Å². The van der Waals surface area contributed by atoms with Crippen LogP contribution in [-0.4, -0.2) is 40.7 Å². The molecule has 0 saturated carbocycles. The molecule has 0 aliphatic carbocycles. The number of piperidine rings is 1. The molecule has 1 aliphatic heterocycles. The number of carboxylic acids is 1. The number of benzene rings is 1. The fourth-order valence-corrected chi connectivity index (χ4v) is 5.09. The number of carboxylic acid groups (broad SMARTS) is 1. The van der Waals surface area contributed by atoms with Crippen molar-refractivity contribution in [1.29, 1.82) is 0 Å². The lowest BCUT2D eigenvalue weighted by Gasteiger charge is -2.22. The van der Waals surface area contributed by atoms with Crippen molar-refractivity contribution >= 4 is 44.9 Å². The summed E-state index contributed by atoms with van der Waals surface area (Å²) in [6.45, 7) is 3.07. The Hall–Kier alpha value is -2.22. The van der Waals surface area contributed by atoms with Gasteiger partial charge in [0.25, 0.3) is 0 Å². The number of fused-ring (bicyclic) bond motifs is 1. The number of hydrogen-bond acceptors (Lipinski definition) is 6. The van der Waals surface area contributed by atoms with Crippen LogP contribution in [0.3, 0.4) is 0 Å². The van der Waals surface area contributed by atoms with E-state index in [1.165, 1.54) is 30.6 Å². The second-order valence-electron chi connectivity index (χ2n) is 7.29. The Kier molecular flexibility index (Phi) is 6.28. The second-order valence-corrected chi connectivity index (χ2v) is 8.78. The molecule has 29 heavy (non-hydrogen) atoms. The number of halogens is 1. The third kappa shape index (κ3) is 4.69. The molecule has 3 aromatic rings. The number of carbonyl (C=O) groups is 1. The lowest BCUT2D eigenvalue weighted by atomic mass is 9.93. The molecule has 0 amide bonds. The minimum absolute atomic E-state index is 0.284. The van der Waals surface area contributed by atoms with E-state index in [4.69, 9.17) is 11.6 Å². The van der Waals surface area contributed by atoms with Gasteiger partial charge in [-0.25, -0.2) is 14.8 Å². The summed E-state index contributed by atoms with van der Waals surface area (Å²) in [7, 11) is 0. The maximum atomic E-state index is 11.5. The molecule has 3 N–H and O–H groups in total. The predicted molar refractivity (Wildman–Crippen MR) is 118 cm³/mol. The van der Waals surface area contributed by atoms with Gasteiger partial charge in [-0.3, -0.25) is 0 Å². The number of anilines is 1. The number of nitrogens with zero attached hydrogens (tertiary/aromatic N) is 2. The summed E-state index contributed by atoms with van der Waals surface area (Å²) in [6, 6.07) is 7.12. The standard InChI is InChI=1S/C21H23ClN4O2S/c22-16-12-25-21(24-8-2-3-13-6-9-23-10-7-13)26-19(16)18-11-15-14(20(27)28)4-1-5-17(15)29-18/h1,4-5,11-13,23H,2-3,6-10H2,(H,27,28)(H,24,25,26). The summed E-state index contributed by atoms with van der Waals surface area (Å²) in [4.78, 5) is 21.2. The third-order valence-corrected chi connectivity index (χ3v) is 6.68. The van der Waals surface area contributed by atoms with Crippen LogP contribution in [0, 0.1) is 5.92 Å². The van der Waals surface area contributed by atoms with Crippen molar-refractivity contribution in [1.82, 2.24) is 15.3 Å². The highest BCUT2D eigenvalue weighted by Crippen LogP contribution is 2.37. The summed E-state index contributed by atoms with van der Waals surface area (Å²) >= 11 is 7.84. The van der Waals surface area contributed by atoms with E-state index < -0.39 is 5.97 Å². The summed E-state index contributed by atoms with van der Waals surface area (Å²) in [5.74, 6) is 0.414. The minimum Gasteiger partial charge on any atom is -0.478 e. The molecule has 1 aromatic carbocycles. The van der Waals surface area contributed by atoms with Crippen LogP contribution in [0.25, 0.3) is 20.7 Å². The molecule has 3 heterocycles. The molecule has 1 saturated heterocycles. The zero-order valence-electron chi connectivity index (χ0n) is 15.9. The first-order valence-electron chi connectivity index (χ1n) is 9.85. The van der Waals surface area contributed by atoms with Crippen LogP contribution in [-0.2, 0) is 0 Å². The van der Waals surface area contributed by atoms with E-state index in [0.717, 1.165) is 41.6 Å². The van der Waals surface area contributed by atoms with Gasteiger partial charge in [0.1, 0.15) is 5.69 Å². The van der Waals surface area contributed by atoms with Crippen molar-refractivity contribution in [3.63, 3.8) is 0 Å². The Morgan fingerprint density at radius 1 is 1.34 bits per heavy atom. The highest BCUT2D eigenvalue weighted by Gasteiger charge is 2.16. The summed E-state index contributed by atoms with van der Waals surface area (Å²) < 4.78 is 0.894. The van der Waals surface area contributed by atoms with Crippen LogP contribution in [0.1, 0.15) is 36.0 Å². The Morgan fingerprint density at radius 3 is 2.97 bits per heavy atom. The number of rotatable bonds is 7. The van der Waals surface area contributed by atoms with E-state index in [1.54, 1.807) is 18.3 Å². The van der Waals surface area contributed by atoms with E-state index in [0.29, 0.717) is 22.1 Å². The van der Waals surface area contributed by atoms with Crippen molar-refractivity contribution < 1.29 is 9.90 Å². The number of aromatic carboxylic acids is 1. The molecule has 0 radical (unpaired) electrons. The molecule has 0 bridgehead atoms. The van der Waals surface area contributed by atoms with E-state index in [1.807, 2.05) is 12.1 Å². The summed E-state index contributed by atoms with van der Waals surface area (Å²) in [5.41, 5.74) is 0.909. The Morgan fingerprint density at radius 2 is 2.17 bits per heavy atom. The van der Waals surface area contributed by atoms with Crippen molar-refractivity contribution in [2.24, 2.45) is 5.92 Å². The molecule has 4 rings (SSSR count). The second kappa shape index (κ2) is 9.07. The lowest BCUT2D eigenvalue weighted by Crippen LogP contribution is -2.27. The molecule has 0 atom stereocenters. The molecule has 1 fully saturated rings. The van der Waals surface area contributed by atoms with Gasteiger partial charge in [-0.05, 0) is 62.9 Å². The first-order valence-corrected chi connectivity index (χ1v) is 11.0. The summed E-state index contributed by atoms with van der Waals surface area (Å²) in [6.07, 6.45) is 6.40. The van der Waals surface area contributed by atoms with Gasteiger partial charge < -0.3 is 15.7 Å². The van der Waals surface area contributed by atoms with Crippen LogP contribution >= 0.6 is 22.9 Å². The largest absolute Gasteiger partial charge is 0.478 e. The number of hydrogen-bond donors (Lipinski definition) is 3. The molecule has 8 heteroatoms. The predicted octanol–water partition coefficient (Wildman–Crippen LogP) is 4.90. The van der Waals surface area contributed by atoms with Gasteiger partial charge in [-0.1, -0.05) is 17.7 Å². The molecule has 6 nitrogen and oxygen atoms in total. The van der Waals surface area contributed by atoms with Crippen molar-refractivity contribution in [3.8, 4) is 10.6 Å². The third-order valence-electron chi connectivity index (χ3n) is 5.30. The van der Waals surface area contributed by atoms with E-state index in [2.05, 4.69) is 20.6 Å². The zero-order chi connectivity index (χ0) is 20.2. The van der Waals surface area contributed by atoms with Crippen molar-refractivity contribution in [2.45, 2.75) is 25.7 Å². The van der Waals surface area contributed by atoms with Gasteiger partial charge >= 0.3 is 5.97 Å². The maximum Gasteiger partial charge on any atom is 0.336 e. The van der Waals surface area contributed by atoms with E-state index in [-0.39, 0.29) is 5.56 Å². The quantitative estimate of drug-likeness (QED) is 0.462. The Bertz CT molecular complexity index is 1020. The normalized spacial score (nSPS) is 14.9. The number of nitrogens with one attached hydrogen (secondary N) is 2. The fraction of sp³-hybridized carbons (Fsp3) is 0.381. The van der Waals surface area contributed by atoms with Crippen LogP contribution in [0.15, 0.2) is 30.5 Å². The highest BCUT2D eigenvalue weighted by atomic mass is 35.5. The van der Waals surface area contributed by atoms with Crippen LogP contribution < -0.4 is 10.6 Å². The Balaban J connectivity index is 1.47. The SMILES string of the molecule is O=C(O)c1cccc2sc(-c3nc(NCCCC4CCNCC4)ncc3Cl)cc12. The summed E-state index contributed by atoms with van der Waals surface area (Å²) in [5, 5.41) is 17.3. The first-order chi connectivity index (χ1) is 14.1. The highest BCUT2D eigenvalue weighted by molar-refractivity contribution is 7.22. The topological polar surface area (TPSA) is 87.1 Å². The van der Waals surface area contributed by atoms with Crippen molar-refractivity contribution in [2.75, 3.05) is 25.0 Å². The first kappa shape index (κ1) is 20.1. The van der Waals surface area contributed by atoms with Gasteiger partial charge in [0.2, 0.25) is 5.95 Å². The van der Waals surface area contributed by atoms with Crippen LogP contribution in [0.5, 0.6) is 0 Å². The van der Waals surface area contributed by atoms with E-state index >= 15 is 0 Å². The van der Waals surface area contributed by atoms with Crippen LogP contribution in [0.2, 0.25) is 5.02 Å². The molecule has 0 spiro atoms. The molecule has 1 aliphatic rings. The van der Waals surface area contributed by atoms with Crippen molar-refractivity contribution in [3.05, 3.63) is 41.0 Å². The fourth-order valence-electron chi connectivity index (χ4n) is 3.75. The van der Waals surface area contributed by atoms with Gasteiger partial charge in [0.15, 0.2) is 0 Å². The molecule has 152 valence electrons. The minimum atomic E-state index is -0.940. The number of thiophene rings is 1. The van der Waals surface area contributed by atoms with E-state index in [9.17, 15) is 9.90 Å².